The van der Waals surface area contributed by atoms with Crippen molar-refractivity contribution < 1.29 is 23.8 Å². The largest absolute Gasteiger partial charge is 0.490 e. The molecule has 2 N–H and O–H groups in total. The molecule has 0 fully saturated rings. The number of benzene rings is 3. The van der Waals surface area contributed by atoms with Gasteiger partial charge in [-0.3, -0.25) is 0 Å². The number of carbonyl (C=O) groups is 1. The van der Waals surface area contributed by atoms with Gasteiger partial charge in [0.2, 0.25) is 0 Å². The predicted octanol–water partition coefficient (Wildman–Crippen LogP) is 6.42. The molecule has 5 nitrogen and oxygen atoms in total. The van der Waals surface area contributed by atoms with Crippen molar-refractivity contribution in [3.8, 4) is 11.5 Å². The van der Waals surface area contributed by atoms with Crippen molar-refractivity contribution >= 4 is 34.9 Å². The quantitative estimate of drug-likeness (QED) is 0.383. The van der Waals surface area contributed by atoms with E-state index in [0.29, 0.717) is 35.4 Å². The molecule has 0 heterocycles. The van der Waals surface area contributed by atoms with Gasteiger partial charge in [-0.25, -0.2) is 9.18 Å². The summed E-state index contributed by atoms with van der Waals surface area (Å²) >= 11 is 12.4. The highest BCUT2D eigenvalue weighted by Crippen LogP contribution is 2.37. The summed E-state index contributed by atoms with van der Waals surface area (Å²) < 4.78 is 24.6. The summed E-state index contributed by atoms with van der Waals surface area (Å²) in [5.74, 6) is -0.532. The van der Waals surface area contributed by atoms with Gasteiger partial charge in [-0.15, -0.1) is 0 Å². The summed E-state index contributed by atoms with van der Waals surface area (Å²) in [6.45, 7) is 2.85. The van der Waals surface area contributed by atoms with E-state index in [4.69, 9.17) is 32.7 Å². The minimum Gasteiger partial charge on any atom is -0.490 e. The van der Waals surface area contributed by atoms with Crippen molar-refractivity contribution in [3.05, 3.63) is 87.2 Å². The highest BCUT2D eigenvalue weighted by atomic mass is 35.5. The van der Waals surface area contributed by atoms with Crippen molar-refractivity contribution in [2.24, 2.45) is 0 Å². The molecular weight excluding hydrogens is 444 g/mol. The summed E-state index contributed by atoms with van der Waals surface area (Å²) in [6, 6.07) is 14.2. The van der Waals surface area contributed by atoms with E-state index in [1.165, 1.54) is 24.3 Å². The zero-order chi connectivity index (χ0) is 22.4. The van der Waals surface area contributed by atoms with Gasteiger partial charge >= 0.3 is 5.97 Å². The monoisotopic (exact) mass is 463 g/mol. The molecule has 0 bridgehead atoms. The third-order valence-corrected chi connectivity index (χ3v) is 4.97. The van der Waals surface area contributed by atoms with Crippen LogP contribution in [0.4, 0.5) is 10.1 Å². The van der Waals surface area contributed by atoms with Crippen LogP contribution in [-0.4, -0.2) is 17.7 Å². The van der Waals surface area contributed by atoms with E-state index in [1.54, 1.807) is 30.3 Å². The standard InChI is InChI=1S/C23H20Cl2FNO4/c1-2-30-21-10-15(12-27-17-7-8-19(24)18(11-17)23(28)29)9-20(25)22(21)31-13-14-3-5-16(26)6-4-14/h3-11,27H,2,12-13H2,1H3,(H,28,29). The molecule has 162 valence electrons. The molecule has 3 rings (SSSR count). The van der Waals surface area contributed by atoms with Crippen LogP contribution < -0.4 is 14.8 Å². The third kappa shape index (κ3) is 6.03. The Morgan fingerprint density at radius 3 is 2.42 bits per heavy atom. The number of halogens is 3. The van der Waals surface area contributed by atoms with Crippen LogP contribution in [0.3, 0.4) is 0 Å². The van der Waals surface area contributed by atoms with Crippen LogP contribution in [0.2, 0.25) is 10.0 Å². The fourth-order valence-corrected chi connectivity index (χ4v) is 3.35. The fourth-order valence-electron chi connectivity index (χ4n) is 2.87. The first-order valence-corrected chi connectivity index (χ1v) is 10.2. The Kier molecular flexibility index (Phi) is 7.60. The van der Waals surface area contributed by atoms with Crippen molar-refractivity contribution in [1.82, 2.24) is 0 Å². The molecule has 3 aromatic carbocycles. The highest BCUT2D eigenvalue weighted by Gasteiger charge is 2.14. The highest BCUT2D eigenvalue weighted by molar-refractivity contribution is 6.33. The van der Waals surface area contributed by atoms with Gasteiger partial charge in [-0.1, -0.05) is 35.3 Å². The SMILES string of the molecule is CCOc1cc(CNc2ccc(Cl)c(C(=O)O)c2)cc(Cl)c1OCc1ccc(F)cc1. The van der Waals surface area contributed by atoms with Gasteiger partial charge in [-0.05, 0) is 60.5 Å². The van der Waals surface area contributed by atoms with Crippen molar-refractivity contribution in [2.45, 2.75) is 20.1 Å². The lowest BCUT2D eigenvalue weighted by molar-refractivity contribution is 0.0697. The molecule has 0 radical (unpaired) electrons. The molecule has 0 aliphatic rings. The Bertz CT molecular complexity index is 1070. The molecule has 3 aromatic rings. The average Bonchev–Trinajstić information content (AvgIpc) is 2.74. The molecule has 0 aliphatic heterocycles. The maximum atomic E-state index is 13.1. The summed E-state index contributed by atoms with van der Waals surface area (Å²) in [5, 5.41) is 12.9. The molecule has 0 atom stereocenters. The maximum Gasteiger partial charge on any atom is 0.337 e. The minimum absolute atomic E-state index is 0.0178. The lowest BCUT2D eigenvalue weighted by atomic mass is 10.1. The average molecular weight is 464 g/mol. The molecule has 0 aromatic heterocycles. The van der Waals surface area contributed by atoms with Crippen molar-refractivity contribution in [1.29, 1.82) is 0 Å². The number of carboxylic acid groups (broad SMARTS) is 1. The molecule has 0 saturated carbocycles. The first kappa shape index (κ1) is 22.7. The Hall–Kier alpha value is -2.96. The lowest BCUT2D eigenvalue weighted by Crippen LogP contribution is -2.05. The van der Waals surface area contributed by atoms with Crippen LogP contribution in [-0.2, 0) is 13.2 Å². The number of anilines is 1. The molecule has 0 saturated heterocycles. The zero-order valence-electron chi connectivity index (χ0n) is 16.6. The fraction of sp³-hybridized carbons (Fsp3) is 0.174. The van der Waals surface area contributed by atoms with Gasteiger partial charge in [0, 0.05) is 12.2 Å². The Morgan fingerprint density at radius 2 is 1.74 bits per heavy atom. The molecule has 0 amide bonds. The van der Waals surface area contributed by atoms with Gasteiger partial charge in [0.1, 0.15) is 12.4 Å². The maximum absolute atomic E-state index is 13.1. The van der Waals surface area contributed by atoms with Crippen LogP contribution in [0.5, 0.6) is 11.5 Å². The van der Waals surface area contributed by atoms with Crippen molar-refractivity contribution in [3.63, 3.8) is 0 Å². The van der Waals surface area contributed by atoms with E-state index >= 15 is 0 Å². The van der Waals surface area contributed by atoms with E-state index in [0.717, 1.165) is 11.1 Å². The molecule has 0 spiro atoms. The number of hydrogen-bond acceptors (Lipinski definition) is 4. The zero-order valence-corrected chi connectivity index (χ0v) is 18.1. The summed E-state index contributed by atoms with van der Waals surface area (Å²) in [7, 11) is 0. The van der Waals surface area contributed by atoms with Gasteiger partial charge in [-0.2, -0.15) is 0 Å². The van der Waals surface area contributed by atoms with Crippen molar-refractivity contribution in [2.75, 3.05) is 11.9 Å². The molecular formula is C23H20Cl2FNO4. The van der Waals surface area contributed by atoms with Gasteiger partial charge in [0.25, 0.3) is 0 Å². The number of hydrogen-bond donors (Lipinski definition) is 2. The van der Waals surface area contributed by atoms with Crippen LogP contribution in [0.1, 0.15) is 28.4 Å². The first-order valence-electron chi connectivity index (χ1n) is 9.46. The number of ether oxygens (including phenoxy) is 2. The summed E-state index contributed by atoms with van der Waals surface area (Å²) in [4.78, 5) is 11.2. The predicted molar refractivity (Wildman–Crippen MR) is 119 cm³/mol. The van der Waals surface area contributed by atoms with Gasteiger partial charge < -0.3 is 19.9 Å². The summed E-state index contributed by atoms with van der Waals surface area (Å²) in [5.41, 5.74) is 2.23. The smallest absolute Gasteiger partial charge is 0.337 e. The van der Waals surface area contributed by atoms with E-state index in [9.17, 15) is 14.3 Å². The van der Waals surface area contributed by atoms with Crippen LogP contribution in [0.25, 0.3) is 0 Å². The first-order chi connectivity index (χ1) is 14.9. The third-order valence-electron chi connectivity index (χ3n) is 4.36. The van der Waals surface area contributed by atoms with Gasteiger partial charge in [0.15, 0.2) is 11.5 Å². The second-order valence-corrected chi connectivity index (χ2v) is 7.42. The second kappa shape index (κ2) is 10.4. The number of carboxylic acids is 1. The van der Waals surface area contributed by atoms with Crippen LogP contribution in [0, 0.1) is 5.82 Å². The molecule has 8 heteroatoms. The van der Waals surface area contributed by atoms with E-state index in [-0.39, 0.29) is 23.0 Å². The van der Waals surface area contributed by atoms with E-state index in [2.05, 4.69) is 5.32 Å². The Balaban J connectivity index is 1.75. The second-order valence-electron chi connectivity index (χ2n) is 6.61. The number of aromatic carboxylic acids is 1. The molecule has 0 aliphatic carbocycles. The van der Waals surface area contributed by atoms with Crippen LogP contribution >= 0.6 is 23.2 Å². The Morgan fingerprint density at radius 1 is 1.00 bits per heavy atom. The topological polar surface area (TPSA) is 67.8 Å². The lowest BCUT2D eigenvalue weighted by Gasteiger charge is -2.16. The normalized spacial score (nSPS) is 10.6. The van der Waals surface area contributed by atoms with E-state index < -0.39 is 5.97 Å². The molecule has 31 heavy (non-hydrogen) atoms. The minimum atomic E-state index is -1.10. The number of nitrogens with one attached hydrogen (secondary N) is 1. The summed E-state index contributed by atoms with van der Waals surface area (Å²) in [6.07, 6.45) is 0. The van der Waals surface area contributed by atoms with Gasteiger partial charge in [0.05, 0.1) is 22.2 Å². The Labute approximate surface area is 189 Å². The van der Waals surface area contributed by atoms with Crippen LogP contribution in [0.15, 0.2) is 54.6 Å². The molecule has 0 unspecified atom stereocenters. The number of rotatable bonds is 9. The van der Waals surface area contributed by atoms with E-state index in [1.807, 2.05) is 6.92 Å².